The van der Waals surface area contributed by atoms with Crippen molar-refractivity contribution in [3.05, 3.63) is 24.3 Å². The van der Waals surface area contributed by atoms with Gasteiger partial charge in [0.05, 0.1) is 19.6 Å². The molecule has 6 nitrogen and oxygen atoms in total. The maximum absolute atomic E-state index is 12.4. The van der Waals surface area contributed by atoms with Crippen molar-refractivity contribution in [2.24, 2.45) is 5.92 Å². The van der Waals surface area contributed by atoms with E-state index in [0.717, 1.165) is 25.4 Å². The molecule has 1 aliphatic heterocycles. The summed E-state index contributed by atoms with van der Waals surface area (Å²) in [6.07, 6.45) is 2.60. The summed E-state index contributed by atoms with van der Waals surface area (Å²) in [6, 6.07) is 6.73. The fourth-order valence-corrected chi connectivity index (χ4v) is 2.82. The van der Waals surface area contributed by atoms with Crippen LogP contribution in [0.1, 0.15) is 19.3 Å². The molecule has 1 saturated carbocycles. The van der Waals surface area contributed by atoms with Gasteiger partial charge in [0.1, 0.15) is 5.75 Å². The minimum atomic E-state index is -0.416. The molecule has 1 aromatic rings. The van der Waals surface area contributed by atoms with Gasteiger partial charge < -0.3 is 20.3 Å². The van der Waals surface area contributed by atoms with Crippen LogP contribution in [0.25, 0.3) is 0 Å². The third kappa shape index (κ3) is 4.85. The highest BCUT2D eigenvalue weighted by molar-refractivity contribution is 5.95. The highest BCUT2D eigenvalue weighted by Gasteiger charge is 2.33. The van der Waals surface area contributed by atoms with Crippen LogP contribution in [0.5, 0.6) is 5.75 Å². The number of nitrogens with zero attached hydrogens (tertiary/aromatic N) is 1. The fourth-order valence-electron chi connectivity index (χ4n) is 2.82. The highest BCUT2D eigenvalue weighted by atomic mass is 35.5. The maximum atomic E-state index is 12.4. The Morgan fingerprint density at radius 2 is 2.04 bits per heavy atom. The molecule has 0 radical (unpaired) electrons. The van der Waals surface area contributed by atoms with Gasteiger partial charge in [-0.05, 0) is 43.0 Å². The van der Waals surface area contributed by atoms with E-state index >= 15 is 0 Å². The summed E-state index contributed by atoms with van der Waals surface area (Å²) in [5.74, 6) is 1.30. The molecule has 1 heterocycles. The van der Waals surface area contributed by atoms with E-state index in [9.17, 15) is 9.59 Å². The number of halogens is 1. The van der Waals surface area contributed by atoms with Crippen LogP contribution in [-0.2, 0) is 9.59 Å². The summed E-state index contributed by atoms with van der Waals surface area (Å²) in [5, 5.41) is 5.98. The Kier molecular flexibility index (Phi) is 6.45. The van der Waals surface area contributed by atoms with E-state index in [4.69, 9.17) is 4.74 Å². The Bertz CT molecular complexity index is 575. The summed E-state index contributed by atoms with van der Waals surface area (Å²) in [5.41, 5.74) is 0.703. The molecule has 1 aliphatic carbocycles. The number of hydrogen-bond acceptors (Lipinski definition) is 4. The summed E-state index contributed by atoms with van der Waals surface area (Å²) < 4.78 is 5.09. The van der Waals surface area contributed by atoms with Crippen LogP contribution in [0.3, 0.4) is 0 Å². The molecule has 7 heteroatoms. The Balaban J connectivity index is 0.00000208. The van der Waals surface area contributed by atoms with Crippen molar-refractivity contribution < 1.29 is 14.3 Å². The highest BCUT2D eigenvalue weighted by Crippen LogP contribution is 2.30. The number of methoxy groups -OCH3 is 1. The van der Waals surface area contributed by atoms with E-state index in [0.29, 0.717) is 11.6 Å². The van der Waals surface area contributed by atoms with E-state index in [-0.39, 0.29) is 30.6 Å². The SMILES string of the molecule is COc1ccc(NC(=O)CC2NCCN(CC3CC3)C2=O)cc1.Cl. The molecular weight excluding hydrogens is 330 g/mol. The van der Waals surface area contributed by atoms with Crippen molar-refractivity contribution in [3.8, 4) is 5.75 Å². The number of carbonyl (C=O) groups excluding carboxylic acids is 2. The van der Waals surface area contributed by atoms with Crippen molar-refractivity contribution in [2.75, 3.05) is 32.1 Å². The number of anilines is 1. The lowest BCUT2D eigenvalue weighted by molar-refractivity contribution is -0.137. The maximum Gasteiger partial charge on any atom is 0.240 e. The largest absolute Gasteiger partial charge is 0.497 e. The second-order valence-electron chi connectivity index (χ2n) is 6.22. The van der Waals surface area contributed by atoms with Gasteiger partial charge in [-0.1, -0.05) is 0 Å². The first kappa shape index (κ1) is 18.5. The summed E-state index contributed by atoms with van der Waals surface area (Å²) in [6.45, 7) is 2.34. The summed E-state index contributed by atoms with van der Waals surface area (Å²) in [4.78, 5) is 26.5. The molecule has 2 aliphatic rings. The van der Waals surface area contributed by atoms with Crippen LogP contribution in [0.2, 0.25) is 0 Å². The lowest BCUT2D eigenvalue weighted by Gasteiger charge is -2.33. The summed E-state index contributed by atoms with van der Waals surface area (Å²) >= 11 is 0. The Hall–Kier alpha value is -1.79. The minimum Gasteiger partial charge on any atom is -0.497 e. The molecule has 3 rings (SSSR count). The summed E-state index contributed by atoms with van der Waals surface area (Å²) in [7, 11) is 1.60. The van der Waals surface area contributed by atoms with Gasteiger partial charge in [0.2, 0.25) is 11.8 Å². The molecule has 0 aromatic heterocycles. The normalized spacial score (nSPS) is 20.3. The van der Waals surface area contributed by atoms with Crippen LogP contribution in [0, 0.1) is 5.92 Å². The lowest BCUT2D eigenvalue weighted by atomic mass is 10.1. The molecule has 1 aromatic carbocycles. The predicted octanol–water partition coefficient (Wildman–Crippen LogP) is 1.66. The quantitative estimate of drug-likeness (QED) is 0.816. The van der Waals surface area contributed by atoms with E-state index in [1.807, 2.05) is 4.90 Å². The number of carbonyl (C=O) groups is 2. The molecule has 132 valence electrons. The zero-order valence-corrected chi connectivity index (χ0v) is 14.6. The standard InChI is InChI=1S/C17H23N3O3.ClH/c1-23-14-6-4-13(5-7-14)19-16(21)10-15-17(22)20(9-8-18-15)11-12-2-3-12;/h4-7,12,15,18H,2-3,8-11H2,1H3,(H,19,21);1H. The number of ether oxygens (including phenoxy) is 1. The molecule has 1 atom stereocenters. The molecule has 0 bridgehead atoms. The zero-order chi connectivity index (χ0) is 16.2. The second-order valence-corrected chi connectivity index (χ2v) is 6.22. The van der Waals surface area contributed by atoms with Crippen LogP contribution < -0.4 is 15.4 Å². The monoisotopic (exact) mass is 353 g/mol. The predicted molar refractivity (Wildman–Crippen MR) is 94.6 cm³/mol. The van der Waals surface area contributed by atoms with Gasteiger partial charge in [0.25, 0.3) is 0 Å². The topological polar surface area (TPSA) is 70.7 Å². The first-order valence-electron chi connectivity index (χ1n) is 8.12. The van der Waals surface area contributed by atoms with Gasteiger partial charge in [-0.25, -0.2) is 0 Å². The van der Waals surface area contributed by atoms with Gasteiger partial charge in [0, 0.05) is 25.3 Å². The minimum absolute atomic E-state index is 0. The number of piperazine rings is 1. The number of benzene rings is 1. The third-order valence-corrected chi connectivity index (χ3v) is 4.32. The Morgan fingerprint density at radius 1 is 1.33 bits per heavy atom. The first-order valence-corrected chi connectivity index (χ1v) is 8.12. The van der Waals surface area contributed by atoms with E-state index in [2.05, 4.69) is 10.6 Å². The van der Waals surface area contributed by atoms with E-state index in [1.54, 1.807) is 31.4 Å². The molecule has 0 spiro atoms. The molecule has 1 saturated heterocycles. The fraction of sp³-hybridized carbons (Fsp3) is 0.529. The van der Waals surface area contributed by atoms with E-state index < -0.39 is 6.04 Å². The first-order chi connectivity index (χ1) is 11.2. The van der Waals surface area contributed by atoms with Crippen LogP contribution in [0.4, 0.5) is 5.69 Å². The smallest absolute Gasteiger partial charge is 0.240 e. The van der Waals surface area contributed by atoms with E-state index in [1.165, 1.54) is 12.8 Å². The number of rotatable bonds is 6. The molecule has 2 fully saturated rings. The molecule has 2 amide bonds. The van der Waals surface area contributed by atoms with Crippen LogP contribution >= 0.6 is 12.4 Å². The average Bonchev–Trinajstić information content (AvgIpc) is 3.36. The van der Waals surface area contributed by atoms with Crippen molar-refractivity contribution in [1.82, 2.24) is 10.2 Å². The molecule has 24 heavy (non-hydrogen) atoms. The van der Waals surface area contributed by atoms with Gasteiger partial charge in [-0.15, -0.1) is 12.4 Å². The number of amides is 2. The molecule has 1 unspecified atom stereocenters. The zero-order valence-electron chi connectivity index (χ0n) is 13.8. The Labute approximate surface area is 148 Å². The van der Waals surface area contributed by atoms with Crippen molar-refractivity contribution in [3.63, 3.8) is 0 Å². The van der Waals surface area contributed by atoms with Crippen LogP contribution in [0.15, 0.2) is 24.3 Å². The van der Waals surface area contributed by atoms with Gasteiger partial charge in [0.15, 0.2) is 0 Å². The average molecular weight is 354 g/mol. The number of hydrogen-bond donors (Lipinski definition) is 2. The lowest BCUT2D eigenvalue weighted by Crippen LogP contribution is -2.56. The van der Waals surface area contributed by atoms with Gasteiger partial charge >= 0.3 is 0 Å². The van der Waals surface area contributed by atoms with Crippen molar-refractivity contribution in [1.29, 1.82) is 0 Å². The van der Waals surface area contributed by atoms with Crippen molar-refractivity contribution >= 4 is 29.9 Å². The van der Waals surface area contributed by atoms with Gasteiger partial charge in [-0.3, -0.25) is 9.59 Å². The van der Waals surface area contributed by atoms with Gasteiger partial charge in [-0.2, -0.15) is 0 Å². The van der Waals surface area contributed by atoms with Crippen LogP contribution in [-0.4, -0.2) is 49.5 Å². The third-order valence-electron chi connectivity index (χ3n) is 4.32. The van der Waals surface area contributed by atoms with Crippen molar-refractivity contribution in [2.45, 2.75) is 25.3 Å². The second kappa shape index (κ2) is 8.35. The number of nitrogens with one attached hydrogen (secondary N) is 2. The Morgan fingerprint density at radius 3 is 2.67 bits per heavy atom. The molecule has 2 N–H and O–H groups in total. The molecular formula is C17H24ClN3O3.